The molecule has 0 saturated heterocycles. The van der Waals surface area contributed by atoms with E-state index in [0.717, 1.165) is 22.4 Å². The normalized spacial score (nSPS) is 10.5. The first-order valence-electron chi connectivity index (χ1n) is 6.58. The van der Waals surface area contributed by atoms with Crippen molar-refractivity contribution in [1.29, 1.82) is 0 Å². The van der Waals surface area contributed by atoms with Gasteiger partial charge >= 0.3 is 0 Å². The zero-order valence-electron chi connectivity index (χ0n) is 11.2. The second kappa shape index (κ2) is 8.35. The number of rotatable bonds is 7. The molecule has 106 valence electrons. The summed E-state index contributed by atoms with van der Waals surface area (Å²) < 4.78 is 6.83. The first-order valence-corrected chi connectivity index (χ1v) is 8.36. The minimum absolute atomic E-state index is 0.685. The molecule has 0 bridgehead atoms. The molecule has 0 amide bonds. The van der Waals surface area contributed by atoms with Gasteiger partial charge in [-0.05, 0) is 54.9 Å². The molecule has 0 atom stereocenters. The Balaban J connectivity index is 1.71. The summed E-state index contributed by atoms with van der Waals surface area (Å²) in [6.45, 7) is 1.39. The van der Waals surface area contributed by atoms with E-state index in [0.29, 0.717) is 13.2 Å². The maximum absolute atomic E-state index is 5.72. The molecule has 2 aromatic carbocycles. The molecule has 20 heavy (non-hydrogen) atoms. The van der Waals surface area contributed by atoms with Crippen LogP contribution in [0.15, 0.2) is 57.9 Å². The van der Waals surface area contributed by atoms with Crippen molar-refractivity contribution in [2.75, 3.05) is 18.9 Å². The van der Waals surface area contributed by atoms with Crippen LogP contribution in [-0.2, 0) is 6.42 Å². The number of hydrogen-bond donors (Lipinski definition) is 1. The van der Waals surface area contributed by atoms with Gasteiger partial charge in [0.05, 0.1) is 6.61 Å². The van der Waals surface area contributed by atoms with E-state index >= 15 is 0 Å². The van der Waals surface area contributed by atoms with Crippen molar-refractivity contribution >= 4 is 27.7 Å². The van der Waals surface area contributed by atoms with Crippen LogP contribution in [0.2, 0.25) is 0 Å². The Morgan fingerprint density at radius 3 is 2.35 bits per heavy atom. The fourth-order valence-corrected chi connectivity index (χ4v) is 2.76. The zero-order valence-corrected chi connectivity index (χ0v) is 13.6. The minimum Gasteiger partial charge on any atom is -0.493 e. The molecular weight excluding hydrogens is 334 g/mol. The minimum atomic E-state index is 0.685. The molecule has 0 aliphatic carbocycles. The second-order valence-corrected chi connectivity index (χ2v) is 6.42. The fraction of sp³-hybridized carbons (Fsp3) is 0.250. The van der Waals surface area contributed by atoms with E-state index in [2.05, 4.69) is 52.3 Å². The second-order valence-electron chi connectivity index (χ2n) is 4.33. The van der Waals surface area contributed by atoms with Gasteiger partial charge < -0.3 is 10.5 Å². The smallest absolute Gasteiger partial charge is 0.119 e. The number of halogens is 1. The van der Waals surface area contributed by atoms with Gasteiger partial charge in [-0.15, -0.1) is 11.8 Å². The molecule has 0 heterocycles. The molecule has 0 saturated carbocycles. The summed E-state index contributed by atoms with van der Waals surface area (Å²) in [5.74, 6) is 1.86. The molecule has 2 N–H and O–H groups in total. The van der Waals surface area contributed by atoms with Gasteiger partial charge in [0.25, 0.3) is 0 Å². The first-order chi connectivity index (χ1) is 9.78. The highest BCUT2D eigenvalue weighted by molar-refractivity contribution is 9.10. The van der Waals surface area contributed by atoms with Gasteiger partial charge in [-0.1, -0.05) is 28.1 Å². The fourth-order valence-electron chi connectivity index (χ4n) is 1.77. The van der Waals surface area contributed by atoms with Gasteiger partial charge in [0, 0.05) is 15.1 Å². The van der Waals surface area contributed by atoms with Crippen LogP contribution in [0.3, 0.4) is 0 Å². The van der Waals surface area contributed by atoms with E-state index in [1.54, 1.807) is 11.8 Å². The number of hydrogen-bond acceptors (Lipinski definition) is 3. The van der Waals surface area contributed by atoms with Crippen LogP contribution in [0.5, 0.6) is 5.75 Å². The predicted molar refractivity (Wildman–Crippen MR) is 89.6 cm³/mol. The third-order valence-electron chi connectivity index (χ3n) is 2.79. The van der Waals surface area contributed by atoms with E-state index in [-0.39, 0.29) is 0 Å². The summed E-state index contributed by atoms with van der Waals surface area (Å²) in [6.07, 6.45) is 0.916. The van der Waals surface area contributed by atoms with Crippen molar-refractivity contribution in [3.63, 3.8) is 0 Å². The largest absolute Gasteiger partial charge is 0.493 e. The van der Waals surface area contributed by atoms with Gasteiger partial charge in [-0.25, -0.2) is 0 Å². The molecule has 2 rings (SSSR count). The summed E-state index contributed by atoms with van der Waals surface area (Å²) >= 11 is 5.23. The van der Waals surface area contributed by atoms with Crippen molar-refractivity contribution in [2.24, 2.45) is 5.73 Å². The monoisotopic (exact) mass is 351 g/mol. The Labute approximate surface area is 132 Å². The Morgan fingerprint density at radius 2 is 1.70 bits per heavy atom. The Kier molecular flexibility index (Phi) is 6.43. The SMILES string of the molecule is NCCc1ccc(OCCSc2ccc(Br)cc2)cc1. The number of benzene rings is 2. The maximum Gasteiger partial charge on any atom is 0.119 e. The van der Waals surface area contributed by atoms with Crippen molar-refractivity contribution in [1.82, 2.24) is 0 Å². The highest BCUT2D eigenvalue weighted by Crippen LogP contribution is 2.21. The van der Waals surface area contributed by atoms with Crippen LogP contribution in [-0.4, -0.2) is 18.9 Å². The zero-order chi connectivity index (χ0) is 14.2. The topological polar surface area (TPSA) is 35.2 Å². The van der Waals surface area contributed by atoms with Gasteiger partial charge in [0.15, 0.2) is 0 Å². The van der Waals surface area contributed by atoms with E-state index in [9.17, 15) is 0 Å². The Bertz CT molecular complexity index is 513. The number of nitrogens with two attached hydrogens (primary N) is 1. The molecule has 0 radical (unpaired) electrons. The molecule has 0 aromatic heterocycles. The Morgan fingerprint density at radius 1 is 1.00 bits per heavy atom. The number of thioether (sulfide) groups is 1. The summed E-state index contributed by atoms with van der Waals surface area (Å²) in [7, 11) is 0. The van der Waals surface area contributed by atoms with E-state index in [4.69, 9.17) is 10.5 Å². The molecule has 0 aliphatic heterocycles. The lowest BCUT2D eigenvalue weighted by Crippen LogP contribution is -2.03. The maximum atomic E-state index is 5.72. The van der Waals surface area contributed by atoms with Crippen molar-refractivity contribution < 1.29 is 4.74 Å². The van der Waals surface area contributed by atoms with E-state index in [1.807, 2.05) is 12.1 Å². The van der Waals surface area contributed by atoms with Crippen LogP contribution in [0.1, 0.15) is 5.56 Å². The highest BCUT2D eigenvalue weighted by atomic mass is 79.9. The van der Waals surface area contributed by atoms with Crippen molar-refractivity contribution in [2.45, 2.75) is 11.3 Å². The summed E-state index contributed by atoms with van der Waals surface area (Å²) in [6, 6.07) is 16.5. The third-order valence-corrected chi connectivity index (χ3v) is 4.30. The number of ether oxygens (including phenoxy) is 1. The van der Waals surface area contributed by atoms with Gasteiger partial charge in [-0.3, -0.25) is 0 Å². The van der Waals surface area contributed by atoms with Crippen LogP contribution in [0.25, 0.3) is 0 Å². The third kappa shape index (κ3) is 5.19. The lowest BCUT2D eigenvalue weighted by atomic mass is 10.1. The first kappa shape index (κ1) is 15.4. The average Bonchev–Trinajstić information content (AvgIpc) is 2.47. The van der Waals surface area contributed by atoms with Gasteiger partial charge in [0.1, 0.15) is 5.75 Å². The molecule has 0 unspecified atom stereocenters. The molecule has 0 fully saturated rings. The van der Waals surface area contributed by atoms with E-state index in [1.165, 1.54) is 10.5 Å². The standard InChI is InChI=1S/C16H18BrNOS/c17-14-3-7-16(8-4-14)20-12-11-19-15-5-1-13(2-6-15)9-10-18/h1-8H,9-12,18H2. The Hall–Kier alpha value is -0.970. The van der Waals surface area contributed by atoms with Crippen molar-refractivity contribution in [3.05, 3.63) is 58.6 Å². The summed E-state index contributed by atoms with van der Waals surface area (Å²) in [5, 5.41) is 0. The summed E-state index contributed by atoms with van der Waals surface area (Å²) in [5.41, 5.74) is 6.78. The van der Waals surface area contributed by atoms with Gasteiger partial charge in [-0.2, -0.15) is 0 Å². The molecule has 2 aromatic rings. The van der Waals surface area contributed by atoms with Crippen LogP contribution >= 0.6 is 27.7 Å². The molecule has 0 aliphatic rings. The highest BCUT2D eigenvalue weighted by Gasteiger charge is 1.97. The van der Waals surface area contributed by atoms with Crippen LogP contribution < -0.4 is 10.5 Å². The molecule has 2 nitrogen and oxygen atoms in total. The lowest BCUT2D eigenvalue weighted by Gasteiger charge is -2.07. The van der Waals surface area contributed by atoms with Crippen LogP contribution in [0, 0.1) is 0 Å². The van der Waals surface area contributed by atoms with Gasteiger partial charge in [0.2, 0.25) is 0 Å². The van der Waals surface area contributed by atoms with Crippen LogP contribution in [0.4, 0.5) is 0 Å². The molecular formula is C16H18BrNOS. The van der Waals surface area contributed by atoms with E-state index < -0.39 is 0 Å². The molecule has 4 heteroatoms. The van der Waals surface area contributed by atoms with Crippen molar-refractivity contribution in [3.8, 4) is 5.75 Å². The summed E-state index contributed by atoms with van der Waals surface area (Å²) in [4.78, 5) is 1.26. The predicted octanol–water partition coefficient (Wildman–Crippen LogP) is 4.12. The quantitative estimate of drug-likeness (QED) is 0.601. The lowest BCUT2D eigenvalue weighted by molar-refractivity contribution is 0.344. The average molecular weight is 352 g/mol. The molecule has 0 spiro atoms.